The molecule has 1 atom stereocenters. The lowest BCUT2D eigenvalue weighted by Gasteiger charge is -2.26. The molecule has 4 amide bonds. The highest BCUT2D eigenvalue weighted by Crippen LogP contribution is 2.31. The molecule has 0 bridgehead atoms. The molecule has 4 rings (SSSR count). The van der Waals surface area contributed by atoms with Crippen LogP contribution in [-0.2, 0) is 22.6 Å². The van der Waals surface area contributed by atoms with Crippen LogP contribution in [0, 0.1) is 11.8 Å². The van der Waals surface area contributed by atoms with Gasteiger partial charge in [-0.25, -0.2) is 4.98 Å². The molecule has 1 N–H and O–H groups in total. The summed E-state index contributed by atoms with van der Waals surface area (Å²) in [5.74, 6) is -0.807. The van der Waals surface area contributed by atoms with Gasteiger partial charge in [0.25, 0.3) is 11.8 Å². The number of nitrogens with zero attached hydrogens (tertiary/aromatic N) is 3. The lowest BCUT2D eigenvalue weighted by molar-refractivity contribution is -0.132. The zero-order valence-electron chi connectivity index (χ0n) is 20.0. The van der Waals surface area contributed by atoms with Gasteiger partial charge < -0.3 is 10.2 Å². The molecule has 2 aromatic rings. The Hall–Kier alpha value is -3.07. The topological polar surface area (TPSA) is 99.7 Å². The van der Waals surface area contributed by atoms with E-state index in [1.807, 2.05) is 32.6 Å². The Morgan fingerprint density at radius 3 is 2.29 bits per heavy atom. The van der Waals surface area contributed by atoms with Crippen molar-refractivity contribution in [1.29, 1.82) is 0 Å². The Morgan fingerprint density at radius 1 is 1.06 bits per heavy atom. The van der Waals surface area contributed by atoms with Crippen LogP contribution < -0.4 is 5.32 Å². The fourth-order valence-corrected chi connectivity index (χ4v) is 5.42. The van der Waals surface area contributed by atoms with E-state index in [2.05, 4.69) is 10.3 Å². The number of carbonyl (C=O) groups excluding carboxylic acids is 4. The van der Waals surface area contributed by atoms with Crippen molar-refractivity contribution in [3.63, 3.8) is 0 Å². The number of carbonyl (C=O) groups is 4. The Morgan fingerprint density at radius 2 is 1.71 bits per heavy atom. The van der Waals surface area contributed by atoms with E-state index in [0.717, 1.165) is 15.5 Å². The fraction of sp³-hybridized carbons (Fsp3) is 0.480. The predicted molar refractivity (Wildman–Crippen MR) is 130 cm³/mol. The lowest BCUT2D eigenvalue weighted by atomic mass is 10.0. The number of hydrogen-bond donors (Lipinski definition) is 1. The van der Waals surface area contributed by atoms with Gasteiger partial charge in [-0.1, -0.05) is 51.2 Å². The molecule has 34 heavy (non-hydrogen) atoms. The van der Waals surface area contributed by atoms with Gasteiger partial charge in [0.1, 0.15) is 6.04 Å². The second-order valence-electron chi connectivity index (χ2n) is 9.71. The summed E-state index contributed by atoms with van der Waals surface area (Å²) in [6.07, 6.45) is 1.49. The highest BCUT2D eigenvalue weighted by Gasteiger charge is 2.43. The van der Waals surface area contributed by atoms with E-state index in [0.29, 0.717) is 54.5 Å². The maximum atomic E-state index is 13.3. The van der Waals surface area contributed by atoms with Gasteiger partial charge in [-0.05, 0) is 30.4 Å². The summed E-state index contributed by atoms with van der Waals surface area (Å²) in [5.41, 5.74) is 1.53. The number of nitrogens with one attached hydrogen (secondary N) is 1. The van der Waals surface area contributed by atoms with Crippen molar-refractivity contribution >= 4 is 40.1 Å². The summed E-state index contributed by atoms with van der Waals surface area (Å²) >= 11 is 1.35. The molecule has 0 aliphatic carbocycles. The van der Waals surface area contributed by atoms with E-state index in [4.69, 9.17) is 0 Å². The Bertz CT molecular complexity index is 1100. The minimum atomic E-state index is -0.933. The van der Waals surface area contributed by atoms with Crippen LogP contribution in [-0.4, -0.2) is 51.0 Å². The predicted octanol–water partition coefficient (Wildman–Crippen LogP) is 3.72. The first-order valence-corrected chi connectivity index (χ1v) is 12.5. The summed E-state index contributed by atoms with van der Waals surface area (Å²) in [5, 5.41) is 3.27. The number of rotatable bonds is 7. The van der Waals surface area contributed by atoms with Gasteiger partial charge in [-0.2, -0.15) is 0 Å². The van der Waals surface area contributed by atoms with Crippen molar-refractivity contribution in [2.24, 2.45) is 11.8 Å². The van der Waals surface area contributed by atoms with Crippen LogP contribution in [0.1, 0.15) is 71.8 Å². The molecule has 3 heterocycles. The standard InChI is InChI=1S/C25H30N4O4S/c1-14(2)11-19(29-23(32)16-7-5-6-8-17(16)24(29)33)22(31)27-25-26-18-9-10-28(13-20(18)34-25)21(30)12-15(3)4/h5-8,14-15,19H,9-13H2,1-4H3,(H,26,27,31). The number of benzene rings is 1. The molecule has 0 saturated heterocycles. The summed E-state index contributed by atoms with van der Waals surface area (Å²) in [7, 11) is 0. The smallest absolute Gasteiger partial charge is 0.262 e. The molecule has 8 nitrogen and oxygen atoms in total. The minimum absolute atomic E-state index is 0.0880. The van der Waals surface area contributed by atoms with Crippen molar-refractivity contribution in [2.75, 3.05) is 11.9 Å². The van der Waals surface area contributed by atoms with Crippen molar-refractivity contribution in [3.05, 3.63) is 46.0 Å². The molecular formula is C25H30N4O4S. The van der Waals surface area contributed by atoms with Crippen molar-refractivity contribution in [2.45, 2.75) is 59.5 Å². The first kappa shape index (κ1) is 24.1. The number of fused-ring (bicyclic) bond motifs is 2. The summed E-state index contributed by atoms with van der Waals surface area (Å²) in [6.45, 7) is 9.04. The molecule has 1 aromatic carbocycles. The maximum absolute atomic E-state index is 13.3. The van der Waals surface area contributed by atoms with Crippen LogP contribution in [0.25, 0.3) is 0 Å². The Labute approximate surface area is 203 Å². The van der Waals surface area contributed by atoms with E-state index < -0.39 is 23.8 Å². The molecule has 0 fully saturated rings. The van der Waals surface area contributed by atoms with Crippen molar-refractivity contribution in [3.8, 4) is 0 Å². The second-order valence-corrected chi connectivity index (χ2v) is 10.8. The molecule has 0 saturated carbocycles. The number of amides is 4. The van der Waals surface area contributed by atoms with Gasteiger partial charge in [0.05, 0.1) is 23.4 Å². The van der Waals surface area contributed by atoms with Crippen LogP contribution in [0.4, 0.5) is 5.13 Å². The quantitative estimate of drug-likeness (QED) is 0.607. The molecule has 0 spiro atoms. The van der Waals surface area contributed by atoms with Crippen LogP contribution in [0.3, 0.4) is 0 Å². The third-order valence-corrected chi connectivity index (χ3v) is 7.03. The molecule has 180 valence electrons. The summed E-state index contributed by atoms with van der Waals surface area (Å²) in [6, 6.07) is 5.71. The average Bonchev–Trinajstić information content (AvgIpc) is 3.29. The number of hydrogen-bond acceptors (Lipinski definition) is 6. The van der Waals surface area contributed by atoms with E-state index >= 15 is 0 Å². The Kier molecular flexibility index (Phi) is 6.84. The number of thiazole rings is 1. The zero-order valence-corrected chi connectivity index (χ0v) is 20.8. The first-order chi connectivity index (χ1) is 16.2. The molecule has 9 heteroatoms. The minimum Gasteiger partial charge on any atom is -0.337 e. The van der Waals surface area contributed by atoms with Crippen molar-refractivity contribution < 1.29 is 19.2 Å². The third-order valence-electron chi connectivity index (χ3n) is 6.03. The normalized spacial score (nSPS) is 16.2. The maximum Gasteiger partial charge on any atom is 0.262 e. The monoisotopic (exact) mass is 482 g/mol. The fourth-order valence-electron chi connectivity index (χ4n) is 4.40. The van der Waals surface area contributed by atoms with E-state index in [-0.39, 0.29) is 11.8 Å². The third kappa shape index (κ3) is 4.75. The van der Waals surface area contributed by atoms with Gasteiger partial charge in [0.2, 0.25) is 11.8 Å². The van der Waals surface area contributed by atoms with Gasteiger partial charge in [-0.15, -0.1) is 0 Å². The molecule has 2 aliphatic rings. The number of imide groups is 1. The highest BCUT2D eigenvalue weighted by atomic mass is 32.1. The SMILES string of the molecule is CC(C)CC(=O)N1CCc2nc(NC(=O)C(CC(C)C)N3C(=O)c4ccccc4C3=O)sc2C1. The van der Waals surface area contributed by atoms with E-state index in [1.165, 1.54) is 11.3 Å². The molecule has 2 aliphatic heterocycles. The lowest BCUT2D eigenvalue weighted by Crippen LogP contribution is -2.47. The molecule has 1 aromatic heterocycles. The van der Waals surface area contributed by atoms with Gasteiger partial charge in [-0.3, -0.25) is 24.1 Å². The zero-order chi connectivity index (χ0) is 24.6. The van der Waals surface area contributed by atoms with Gasteiger partial charge >= 0.3 is 0 Å². The molecular weight excluding hydrogens is 452 g/mol. The van der Waals surface area contributed by atoms with Crippen LogP contribution in [0.5, 0.6) is 0 Å². The van der Waals surface area contributed by atoms with Crippen LogP contribution >= 0.6 is 11.3 Å². The van der Waals surface area contributed by atoms with Gasteiger partial charge in [0.15, 0.2) is 5.13 Å². The average molecular weight is 483 g/mol. The first-order valence-electron chi connectivity index (χ1n) is 11.7. The molecule has 0 radical (unpaired) electrons. The van der Waals surface area contributed by atoms with Crippen molar-refractivity contribution in [1.82, 2.24) is 14.8 Å². The molecule has 1 unspecified atom stereocenters. The second kappa shape index (κ2) is 9.66. The van der Waals surface area contributed by atoms with E-state index in [1.54, 1.807) is 24.3 Å². The van der Waals surface area contributed by atoms with Crippen LogP contribution in [0.2, 0.25) is 0 Å². The largest absolute Gasteiger partial charge is 0.337 e. The number of aromatic nitrogens is 1. The number of anilines is 1. The van der Waals surface area contributed by atoms with Crippen LogP contribution in [0.15, 0.2) is 24.3 Å². The highest BCUT2D eigenvalue weighted by molar-refractivity contribution is 7.15. The summed E-state index contributed by atoms with van der Waals surface area (Å²) < 4.78 is 0. The van der Waals surface area contributed by atoms with E-state index in [9.17, 15) is 19.2 Å². The Balaban J connectivity index is 1.51. The van der Waals surface area contributed by atoms with Gasteiger partial charge in [0, 0.05) is 24.3 Å². The summed E-state index contributed by atoms with van der Waals surface area (Å²) in [4.78, 5) is 60.2.